The van der Waals surface area contributed by atoms with E-state index < -0.39 is 12.8 Å². The van der Waals surface area contributed by atoms with Crippen molar-refractivity contribution in [2.75, 3.05) is 26.0 Å². The van der Waals surface area contributed by atoms with Gasteiger partial charge in [0.25, 0.3) is 0 Å². The van der Waals surface area contributed by atoms with Crippen LogP contribution in [-0.4, -0.2) is 42.8 Å². The zero-order chi connectivity index (χ0) is 18.9. The summed E-state index contributed by atoms with van der Waals surface area (Å²) in [6.07, 6.45) is -2.27. The molecule has 0 saturated carbocycles. The molecule has 0 spiro atoms. The third-order valence-electron chi connectivity index (χ3n) is 3.32. The Morgan fingerprint density at radius 3 is 2.27 bits per heavy atom. The van der Waals surface area contributed by atoms with Gasteiger partial charge in [0.2, 0.25) is 0 Å². The molecule has 0 radical (unpaired) electrons. The predicted molar refractivity (Wildman–Crippen MR) is 114 cm³/mol. The third kappa shape index (κ3) is 11.0. The van der Waals surface area contributed by atoms with E-state index in [9.17, 15) is 13.2 Å². The Morgan fingerprint density at radius 1 is 1.15 bits per heavy atom. The minimum atomic E-state index is -4.33. The second-order valence-electron chi connectivity index (χ2n) is 6.06. The van der Waals surface area contributed by atoms with Gasteiger partial charge in [-0.1, -0.05) is 12.1 Å². The van der Waals surface area contributed by atoms with Crippen molar-refractivity contribution in [1.29, 1.82) is 0 Å². The van der Waals surface area contributed by atoms with Gasteiger partial charge in [0.15, 0.2) is 12.6 Å². The molecule has 9 heteroatoms. The molecular formula is C17H27F3IN3OS. The van der Waals surface area contributed by atoms with Gasteiger partial charge in [0.05, 0.1) is 6.54 Å². The molecule has 0 aliphatic carbocycles. The molecule has 0 bridgehead atoms. The Hall–Kier alpha value is -0.840. The number of aliphatic imine (C=N–C) groups is 1. The molecule has 4 nitrogen and oxygen atoms in total. The van der Waals surface area contributed by atoms with Crippen molar-refractivity contribution >= 4 is 41.7 Å². The van der Waals surface area contributed by atoms with Crippen molar-refractivity contribution in [3.63, 3.8) is 0 Å². The number of guanidine groups is 1. The summed E-state index contributed by atoms with van der Waals surface area (Å²) in [6.45, 7) is 6.93. The summed E-state index contributed by atoms with van der Waals surface area (Å²) in [5.74, 6) is 0.902. The second-order valence-corrected chi connectivity index (χ2v) is 7.57. The summed E-state index contributed by atoms with van der Waals surface area (Å²) in [5, 5.41) is 6.48. The number of thioether (sulfide) groups is 1. The SMILES string of the molecule is CCNC(=NCc1ccc(OCC(F)(F)F)cc1)NCC(C)(C)SC.I. The molecule has 0 heterocycles. The van der Waals surface area contributed by atoms with Crippen LogP contribution in [0, 0.1) is 0 Å². The molecule has 0 aromatic heterocycles. The van der Waals surface area contributed by atoms with E-state index >= 15 is 0 Å². The number of nitrogens with zero attached hydrogens (tertiary/aromatic N) is 1. The monoisotopic (exact) mass is 505 g/mol. The van der Waals surface area contributed by atoms with E-state index in [0.29, 0.717) is 12.5 Å². The van der Waals surface area contributed by atoms with E-state index in [0.717, 1.165) is 18.7 Å². The quantitative estimate of drug-likeness (QED) is 0.312. The fraction of sp³-hybridized carbons (Fsp3) is 0.588. The molecule has 2 N–H and O–H groups in total. The molecule has 26 heavy (non-hydrogen) atoms. The van der Waals surface area contributed by atoms with Crippen LogP contribution in [0.5, 0.6) is 5.75 Å². The summed E-state index contributed by atoms with van der Waals surface area (Å²) in [5.41, 5.74) is 0.890. The molecule has 1 rings (SSSR count). The minimum absolute atomic E-state index is 0. The molecule has 0 aliphatic heterocycles. The van der Waals surface area contributed by atoms with E-state index in [-0.39, 0.29) is 34.5 Å². The van der Waals surface area contributed by atoms with Gasteiger partial charge in [-0.05, 0) is 44.7 Å². The first-order valence-corrected chi connectivity index (χ1v) is 9.23. The van der Waals surface area contributed by atoms with Crippen LogP contribution in [0.25, 0.3) is 0 Å². The van der Waals surface area contributed by atoms with Gasteiger partial charge < -0.3 is 15.4 Å². The maximum Gasteiger partial charge on any atom is 0.422 e. The molecule has 0 amide bonds. The van der Waals surface area contributed by atoms with Crippen LogP contribution in [0.2, 0.25) is 0 Å². The summed E-state index contributed by atoms with van der Waals surface area (Å²) in [4.78, 5) is 4.50. The molecule has 1 aromatic carbocycles. The topological polar surface area (TPSA) is 45.7 Å². The van der Waals surface area contributed by atoms with E-state index in [1.165, 1.54) is 12.1 Å². The lowest BCUT2D eigenvalue weighted by Crippen LogP contribution is -2.43. The van der Waals surface area contributed by atoms with Crippen LogP contribution in [0.15, 0.2) is 29.3 Å². The summed E-state index contributed by atoms with van der Waals surface area (Å²) < 4.78 is 41.2. The van der Waals surface area contributed by atoms with Crippen LogP contribution in [0.3, 0.4) is 0 Å². The number of rotatable bonds is 8. The van der Waals surface area contributed by atoms with Crippen LogP contribution in [0.4, 0.5) is 13.2 Å². The summed E-state index contributed by atoms with van der Waals surface area (Å²) >= 11 is 1.77. The van der Waals surface area contributed by atoms with Gasteiger partial charge in [-0.2, -0.15) is 24.9 Å². The van der Waals surface area contributed by atoms with Crippen molar-refractivity contribution in [2.45, 2.75) is 38.2 Å². The summed E-state index contributed by atoms with van der Waals surface area (Å²) in [7, 11) is 0. The van der Waals surface area contributed by atoms with Gasteiger partial charge in [-0.3, -0.25) is 0 Å². The van der Waals surface area contributed by atoms with Gasteiger partial charge in [-0.15, -0.1) is 24.0 Å². The van der Waals surface area contributed by atoms with Crippen LogP contribution >= 0.6 is 35.7 Å². The van der Waals surface area contributed by atoms with E-state index in [2.05, 4.69) is 35.7 Å². The van der Waals surface area contributed by atoms with Crippen LogP contribution in [-0.2, 0) is 6.54 Å². The number of benzene rings is 1. The van der Waals surface area contributed by atoms with Gasteiger partial charge in [-0.25, -0.2) is 4.99 Å². The molecule has 0 atom stereocenters. The maximum atomic E-state index is 12.1. The van der Waals surface area contributed by atoms with E-state index in [4.69, 9.17) is 4.74 Å². The van der Waals surface area contributed by atoms with Crippen molar-refractivity contribution in [3.05, 3.63) is 29.8 Å². The Kier molecular flexibility index (Phi) is 11.4. The van der Waals surface area contributed by atoms with Gasteiger partial charge in [0.1, 0.15) is 5.75 Å². The molecule has 150 valence electrons. The Balaban J connectivity index is 0.00000625. The summed E-state index contributed by atoms with van der Waals surface area (Å²) in [6, 6.07) is 6.47. The number of hydrogen-bond donors (Lipinski definition) is 2. The molecule has 0 fully saturated rings. The fourth-order valence-electron chi connectivity index (χ4n) is 1.74. The van der Waals surface area contributed by atoms with Crippen LogP contribution < -0.4 is 15.4 Å². The van der Waals surface area contributed by atoms with Crippen molar-refractivity contribution < 1.29 is 17.9 Å². The normalized spacial score (nSPS) is 12.3. The molecular weight excluding hydrogens is 478 g/mol. The first kappa shape index (κ1) is 25.2. The average Bonchev–Trinajstić information content (AvgIpc) is 2.56. The van der Waals surface area contributed by atoms with Gasteiger partial charge in [0, 0.05) is 17.8 Å². The Morgan fingerprint density at radius 2 is 1.77 bits per heavy atom. The highest BCUT2D eigenvalue weighted by Crippen LogP contribution is 2.20. The average molecular weight is 505 g/mol. The minimum Gasteiger partial charge on any atom is -0.484 e. The van der Waals surface area contributed by atoms with E-state index in [1.54, 1.807) is 23.9 Å². The number of ether oxygens (including phenoxy) is 1. The lowest BCUT2D eigenvalue weighted by molar-refractivity contribution is -0.153. The smallest absolute Gasteiger partial charge is 0.422 e. The van der Waals surface area contributed by atoms with Crippen molar-refractivity contribution in [2.24, 2.45) is 4.99 Å². The molecule has 0 unspecified atom stereocenters. The Labute approximate surface area is 174 Å². The first-order chi connectivity index (χ1) is 11.6. The maximum absolute atomic E-state index is 12.1. The second kappa shape index (κ2) is 11.8. The number of hydrogen-bond acceptors (Lipinski definition) is 3. The van der Waals surface area contributed by atoms with Gasteiger partial charge >= 0.3 is 6.18 Å². The van der Waals surface area contributed by atoms with Crippen LogP contribution in [0.1, 0.15) is 26.3 Å². The highest BCUT2D eigenvalue weighted by atomic mass is 127. The predicted octanol–water partition coefficient (Wildman–Crippen LogP) is 4.44. The largest absolute Gasteiger partial charge is 0.484 e. The lowest BCUT2D eigenvalue weighted by Gasteiger charge is -2.23. The standard InChI is InChI=1S/C17H26F3N3OS.HI/c1-5-21-15(23-11-16(2,3)25-4)22-10-13-6-8-14(9-7-13)24-12-17(18,19)20;/h6-9H,5,10-12H2,1-4H3,(H2,21,22,23);1H. The lowest BCUT2D eigenvalue weighted by atomic mass is 10.2. The molecule has 0 aliphatic rings. The highest BCUT2D eigenvalue weighted by Gasteiger charge is 2.28. The third-order valence-corrected chi connectivity index (χ3v) is 4.57. The number of alkyl halides is 3. The Bertz CT molecular complexity index is 551. The zero-order valence-corrected chi connectivity index (χ0v) is 18.6. The fourth-order valence-corrected chi connectivity index (χ4v) is 1.95. The highest BCUT2D eigenvalue weighted by molar-refractivity contribution is 14.0. The van der Waals surface area contributed by atoms with E-state index in [1.807, 2.05) is 6.92 Å². The number of nitrogens with one attached hydrogen (secondary N) is 2. The van der Waals surface area contributed by atoms with Crippen molar-refractivity contribution in [3.8, 4) is 5.75 Å². The first-order valence-electron chi connectivity index (χ1n) is 8.01. The zero-order valence-electron chi connectivity index (χ0n) is 15.4. The number of halogens is 4. The van der Waals surface area contributed by atoms with Crippen molar-refractivity contribution in [1.82, 2.24) is 10.6 Å². The molecule has 1 aromatic rings. The molecule has 0 saturated heterocycles.